The first kappa shape index (κ1) is 7.49. The van der Waals surface area contributed by atoms with Crippen LogP contribution in [0.5, 0.6) is 0 Å². The van der Waals surface area contributed by atoms with Crippen LogP contribution >= 0.6 is 0 Å². The van der Waals surface area contributed by atoms with Crippen LogP contribution in [0.4, 0.5) is 0 Å². The third-order valence-electron chi connectivity index (χ3n) is 2.57. The minimum absolute atomic E-state index is 0.262. The highest BCUT2D eigenvalue weighted by atomic mass is 16.6. The average molecular weight is 160 g/mol. The smallest absolute Gasteiger partial charge is 0.122 e. The summed E-state index contributed by atoms with van der Waals surface area (Å²) in [6.45, 7) is 2.29. The standard InChI is InChI=1S/C7H12O4/c1-7-5(9)3-10-6(7)4(8)2-11-7/h4-6,8-9H,2-3H2,1H3/t4-,5+,6+,7?/m0/s1. The fourth-order valence-corrected chi connectivity index (χ4v) is 1.74. The molecule has 0 saturated carbocycles. The van der Waals surface area contributed by atoms with E-state index < -0.39 is 17.8 Å². The Labute approximate surface area is 64.7 Å². The van der Waals surface area contributed by atoms with Crippen LogP contribution < -0.4 is 0 Å². The predicted octanol–water partition coefficient (Wildman–Crippen LogP) is -1.10. The fourth-order valence-electron chi connectivity index (χ4n) is 1.74. The molecule has 4 atom stereocenters. The second kappa shape index (κ2) is 2.17. The Morgan fingerprint density at radius 1 is 1.36 bits per heavy atom. The summed E-state index contributed by atoms with van der Waals surface area (Å²) in [5, 5.41) is 18.7. The summed E-state index contributed by atoms with van der Waals surface area (Å²) in [5.41, 5.74) is -0.681. The topological polar surface area (TPSA) is 58.9 Å². The molecule has 2 fully saturated rings. The van der Waals surface area contributed by atoms with Crippen LogP contribution in [0.25, 0.3) is 0 Å². The van der Waals surface area contributed by atoms with E-state index in [1.165, 1.54) is 0 Å². The summed E-state index contributed by atoms with van der Waals surface area (Å²) in [4.78, 5) is 0. The zero-order valence-electron chi connectivity index (χ0n) is 6.36. The van der Waals surface area contributed by atoms with Crippen molar-refractivity contribution in [2.24, 2.45) is 0 Å². The van der Waals surface area contributed by atoms with Gasteiger partial charge in [-0.25, -0.2) is 0 Å². The van der Waals surface area contributed by atoms with Crippen molar-refractivity contribution >= 4 is 0 Å². The molecule has 4 heteroatoms. The number of ether oxygens (including phenoxy) is 2. The van der Waals surface area contributed by atoms with Crippen LogP contribution in [0.2, 0.25) is 0 Å². The Kier molecular flexibility index (Phi) is 1.47. The van der Waals surface area contributed by atoms with Gasteiger partial charge in [0.05, 0.1) is 13.2 Å². The average Bonchev–Trinajstić information content (AvgIpc) is 2.39. The van der Waals surface area contributed by atoms with Gasteiger partial charge in [-0.05, 0) is 6.92 Å². The third kappa shape index (κ3) is 0.840. The van der Waals surface area contributed by atoms with Crippen molar-refractivity contribution in [1.29, 1.82) is 0 Å². The maximum absolute atomic E-state index is 9.42. The summed E-state index contributed by atoms with van der Waals surface area (Å²) in [5.74, 6) is 0. The highest BCUT2D eigenvalue weighted by Crippen LogP contribution is 2.36. The Morgan fingerprint density at radius 3 is 2.73 bits per heavy atom. The Morgan fingerprint density at radius 2 is 2.09 bits per heavy atom. The van der Waals surface area contributed by atoms with Crippen molar-refractivity contribution in [1.82, 2.24) is 0 Å². The largest absolute Gasteiger partial charge is 0.388 e. The molecule has 2 aliphatic heterocycles. The lowest BCUT2D eigenvalue weighted by Gasteiger charge is -2.24. The number of aliphatic hydroxyl groups is 2. The van der Waals surface area contributed by atoms with Crippen LogP contribution in [0.1, 0.15) is 6.92 Å². The zero-order valence-corrected chi connectivity index (χ0v) is 6.36. The van der Waals surface area contributed by atoms with Gasteiger partial charge in [-0.2, -0.15) is 0 Å². The van der Waals surface area contributed by atoms with E-state index in [0.717, 1.165) is 0 Å². The molecule has 2 rings (SSSR count). The third-order valence-corrected chi connectivity index (χ3v) is 2.57. The molecule has 4 nitrogen and oxygen atoms in total. The van der Waals surface area contributed by atoms with E-state index in [9.17, 15) is 10.2 Å². The van der Waals surface area contributed by atoms with Gasteiger partial charge in [-0.15, -0.1) is 0 Å². The maximum atomic E-state index is 9.42. The van der Waals surface area contributed by atoms with Gasteiger partial charge in [-0.1, -0.05) is 0 Å². The maximum Gasteiger partial charge on any atom is 0.122 e. The van der Waals surface area contributed by atoms with Gasteiger partial charge >= 0.3 is 0 Å². The minimum Gasteiger partial charge on any atom is -0.388 e. The molecule has 0 spiro atoms. The lowest BCUT2D eigenvalue weighted by molar-refractivity contribution is -0.0621. The van der Waals surface area contributed by atoms with Gasteiger partial charge in [0.1, 0.15) is 23.9 Å². The van der Waals surface area contributed by atoms with Crippen molar-refractivity contribution < 1.29 is 19.7 Å². The second-order valence-corrected chi connectivity index (χ2v) is 3.33. The molecule has 2 heterocycles. The first-order valence-electron chi connectivity index (χ1n) is 3.76. The van der Waals surface area contributed by atoms with Crippen LogP contribution in [0, 0.1) is 0 Å². The number of fused-ring (bicyclic) bond motifs is 1. The van der Waals surface area contributed by atoms with Crippen molar-refractivity contribution in [3.05, 3.63) is 0 Å². The monoisotopic (exact) mass is 160 g/mol. The molecule has 11 heavy (non-hydrogen) atoms. The van der Waals surface area contributed by atoms with Crippen LogP contribution in [0.3, 0.4) is 0 Å². The van der Waals surface area contributed by atoms with Gasteiger partial charge in [0.25, 0.3) is 0 Å². The molecular weight excluding hydrogens is 148 g/mol. The van der Waals surface area contributed by atoms with Crippen LogP contribution in [0.15, 0.2) is 0 Å². The van der Waals surface area contributed by atoms with Gasteiger partial charge in [0.2, 0.25) is 0 Å². The molecule has 0 aromatic heterocycles. The molecule has 1 unspecified atom stereocenters. The number of aliphatic hydroxyl groups excluding tert-OH is 2. The van der Waals surface area contributed by atoms with E-state index >= 15 is 0 Å². The molecule has 64 valence electrons. The normalized spacial score (nSPS) is 56.5. The van der Waals surface area contributed by atoms with Crippen LogP contribution in [-0.4, -0.2) is 47.3 Å². The van der Waals surface area contributed by atoms with Gasteiger partial charge in [-0.3, -0.25) is 0 Å². The van der Waals surface area contributed by atoms with Gasteiger partial charge in [0.15, 0.2) is 0 Å². The number of hydrogen-bond donors (Lipinski definition) is 2. The predicted molar refractivity (Wildman–Crippen MR) is 36.1 cm³/mol. The Bertz CT molecular complexity index is 172. The van der Waals surface area contributed by atoms with Crippen LogP contribution in [-0.2, 0) is 9.47 Å². The van der Waals surface area contributed by atoms with Crippen molar-refractivity contribution in [3.8, 4) is 0 Å². The zero-order chi connectivity index (χ0) is 8.06. The minimum atomic E-state index is -0.681. The molecule has 0 bridgehead atoms. The second-order valence-electron chi connectivity index (χ2n) is 3.33. The van der Waals surface area contributed by atoms with E-state index in [1.54, 1.807) is 6.92 Å². The van der Waals surface area contributed by atoms with E-state index in [4.69, 9.17) is 9.47 Å². The lowest BCUT2D eigenvalue weighted by Crippen LogP contribution is -2.43. The SMILES string of the molecule is CC12OC[C@H](O)[C@H]1OC[C@H]2O. The van der Waals surface area contributed by atoms with E-state index in [-0.39, 0.29) is 19.3 Å². The van der Waals surface area contributed by atoms with E-state index in [2.05, 4.69) is 0 Å². The van der Waals surface area contributed by atoms with Crippen molar-refractivity contribution in [2.75, 3.05) is 13.2 Å². The summed E-state index contributed by atoms with van der Waals surface area (Å²) in [6, 6.07) is 0. The fraction of sp³-hybridized carbons (Fsp3) is 1.00. The molecule has 2 N–H and O–H groups in total. The summed E-state index contributed by atoms with van der Waals surface area (Å²) >= 11 is 0. The van der Waals surface area contributed by atoms with E-state index in [1.807, 2.05) is 0 Å². The summed E-state index contributed by atoms with van der Waals surface area (Å²) in [7, 11) is 0. The molecule has 0 aromatic carbocycles. The molecule has 0 amide bonds. The highest BCUT2D eigenvalue weighted by molar-refractivity contribution is 5.04. The van der Waals surface area contributed by atoms with Crippen molar-refractivity contribution in [3.63, 3.8) is 0 Å². The Hall–Kier alpha value is -0.160. The molecule has 0 aromatic rings. The number of hydrogen-bond acceptors (Lipinski definition) is 4. The molecule has 2 saturated heterocycles. The van der Waals surface area contributed by atoms with E-state index in [0.29, 0.717) is 0 Å². The summed E-state index contributed by atoms with van der Waals surface area (Å²) in [6.07, 6.45) is -1.54. The lowest BCUT2D eigenvalue weighted by atomic mass is 9.95. The molecule has 2 aliphatic rings. The Balaban J connectivity index is 2.23. The van der Waals surface area contributed by atoms with Crippen molar-refractivity contribution in [2.45, 2.75) is 30.8 Å². The van der Waals surface area contributed by atoms with Gasteiger partial charge < -0.3 is 19.7 Å². The summed E-state index contributed by atoms with van der Waals surface area (Å²) < 4.78 is 10.4. The number of rotatable bonds is 0. The first-order chi connectivity index (χ1) is 5.14. The highest BCUT2D eigenvalue weighted by Gasteiger charge is 2.56. The molecule has 0 radical (unpaired) electrons. The quantitative estimate of drug-likeness (QED) is 0.472. The molecule has 0 aliphatic carbocycles. The van der Waals surface area contributed by atoms with Gasteiger partial charge in [0, 0.05) is 0 Å². The molecular formula is C7H12O4. The first-order valence-corrected chi connectivity index (χ1v) is 3.76.